The Morgan fingerprint density at radius 3 is 3.07 bits per heavy atom. The molecule has 80 valence electrons. The van der Waals surface area contributed by atoms with Crippen molar-refractivity contribution in [2.75, 3.05) is 30.3 Å². The number of fused-ring (bicyclic) bond motifs is 1. The fourth-order valence-corrected chi connectivity index (χ4v) is 2.10. The normalized spacial score (nSPS) is 19.6. The van der Waals surface area contributed by atoms with E-state index in [1.165, 1.54) is 25.1 Å². The van der Waals surface area contributed by atoms with E-state index in [4.69, 9.17) is 10.5 Å². The Hall–Kier alpha value is -1.38. The number of benzene rings is 1. The zero-order chi connectivity index (χ0) is 10.3. The Balaban J connectivity index is 1.87. The number of hydrogen-bond acceptors (Lipinski definition) is 3. The zero-order valence-corrected chi connectivity index (χ0v) is 8.78. The van der Waals surface area contributed by atoms with Crippen LogP contribution in [0.25, 0.3) is 0 Å². The van der Waals surface area contributed by atoms with Gasteiger partial charge in [-0.1, -0.05) is 0 Å². The van der Waals surface area contributed by atoms with Crippen molar-refractivity contribution in [1.29, 1.82) is 0 Å². The molecule has 0 amide bonds. The first-order chi connectivity index (χ1) is 7.33. The minimum absolute atomic E-state index is 0.780. The fraction of sp³-hybridized carbons (Fsp3) is 0.500. The highest BCUT2D eigenvalue weighted by molar-refractivity contribution is 5.65. The van der Waals surface area contributed by atoms with E-state index in [0.717, 1.165) is 30.5 Å². The molecule has 0 spiro atoms. The van der Waals surface area contributed by atoms with Gasteiger partial charge in [0.05, 0.1) is 12.2 Å². The van der Waals surface area contributed by atoms with E-state index in [1.807, 2.05) is 12.1 Å². The summed E-state index contributed by atoms with van der Waals surface area (Å²) < 4.78 is 5.61. The number of nitrogen functional groups attached to an aromatic ring is 1. The molecule has 0 aromatic heterocycles. The second-order valence-corrected chi connectivity index (χ2v) is 4.47. The van der Waals surface area contributed by atoms with Gasteiger partial charge >= 0.3 is 0 Å². The molecule has 15 heavy (non-hydrogen) atoms. The van der Waals surface area contributed by atoms with Crippen LogP contribution < -0.4 is 15.4 Å². The van der Waals surface area contributed by atoms with E-state index in [0.29, 0.717) is 0 Å². The highest BCUT2D eigenvalue weighted by atomic mass is 16.5. The van der Waals surface area contributed by atoms with Gasteiger partial charge in [0.1, 0.15) is 12.4 Å². The van der Waals surface area contributed by atoms with Gasteiger partial charge in [-0.15, -0.1) is 0 Å². The molecule has 1 saturated carbocycles. The predicted molar refractivity (Wildman–Crippen MR) is 61.3 cm³/mol. The maximum absolute atomic E-state index is 5.74. The first-order valence-electron chi connectivity index (χ1n) is 5.60. The standard InChI is InChI=1S/C12H16N2O/c13-10-3-4-11-12(7-10)15-6-5-14(11)8-9-1-2-9/h3-4,7,9H,1-2,5-6,8,13H2. The maximum atomic E-state index is 5.74. The van der Waals surface area contributed by atoms with Crippen LogP contribution in [0.3, 0.4) is 0 Å². The summed E-state index contributed by atoms with van der Waals surface area (Å²) >= 11 is 0. The summed E-state index contributed by atoms with van der Waals surface area (Å²) in [6.07, 6.45) is 2.78. The molecule has 3 rings (SSSR count). The number of ether oxygens (including phenoxy) is 1. The molecule has 1 fully saturated rings. The van der Waals surface area contributed by atoms with Crippen LogP contribution in [0, 0.1) is 5.92 Å². The van der Waals surface area contributed by atoms with Crippen LogP contribution in [0.4, 0.5) is 11.4 Å². The van der Waals surface area contributed by atoms with E-state index in [2.05, 4.69) is 11.0 Å². The average Bonchev–Trinajstić information content (AvgIpc) is 3.01. The molecular formula is C12H16N2O. The third-order valence-corrected chi connectivity index (χ3v) is 3.12. The van der Waals surface area contributed by atoms with Gasteiger partial charge in [0.25, 0.3) is 0 Å². The molecule has 2 N–H and O–H groups in total. The third-order valence-electron chi connectivity index (χ3n) is 3.12. The molecule has 1 aromatic rings. The lowest BCUT2D eigenvalue weighted by Gasteiger charge is -2.31. The Morgan fingerprint density at radius 2 is 2.27 bits per heavy atom. The largest absolute Gasteiger partial charge is 0.489 e. The van der Waals surface area contributed by atoms with Crippen LogP contribution in [0.5, 0.6) is 5.75 Å². The number of hydrogen-bond donors (Lipinski definition) is 1. The molecular weight excluding hydrogens is 188 g/mol. The second kappa shape index (κ2) is 3.33. The van der Waals surface area contributed by atoms with Crippen LogP contribution >= 0.6 is 0 Å². The third kappa shape index (κ3) is 1.74. The summed E-state index contributed by atoms with van der Waals surface area (Å²) in [6, 6.07) is 5.95. The van der Waals surface area contributed by atoms with E-state index in [-0.39, 0.29) is 0 Å². The van der Waals surface area contributed by atoms with Crippen molar-refractivity contribution >= 4 is 11.4 Å². The monoisotopic (exact) mass is 204 g/mol. The second-order valence-electron chi connectivity index (χ2n) is 4.47. The van der Waals surface area contributed by atoms with Crippen molar-refractivity contribution < 1.29 is 4.74 Å². The quantitative estimate of drug-likeness (QED) is 0.747. The smallest absolute Gasteiger partial charge is 0.144 e. The van der Waals surface area contributed by atoms with Crippen molar-refractivity contribution in [2.45, 2.75) is 12.8 Å². The van der Waals surface area contributed by atoms with Crippen molar-refractivity contribution in [3.63, 3.8) is 0 Å². The lowest BCUT2D eigenvalue weighted by Crippen LogP contribution is -2.34. The SMILES string of the molecule is Nc1ccc2c(c1)OCCN2CC1CC1. The van der Waals surface area contributed by atoms with Crippen LogP contribution in [-0.4, -0.2) is 19.7 Å². The van der Waals surface area contributed by atoms with E-state index >= 15 is 0 Å². The van der Waals surface area contributed by atoms with Gasteiger partial charge in [0, 0.05) is 18.3 Å². The lowest BCUT2D eigenvalue weighted by molar-refractivity contribution is 0.307. The first kappa shape index (κ1) is 8.89. The first-order valence-corrected chi connectivity index (χ1v) is 5.60. The molecule has 1 aliphatic carbocycles. The maximum Gasteiger partial charge on any atom is 0.144 e. The van der Waals surface area contributed by atoms with Crippen LogP contribution in [0.1, 0.15) is 12.8 Å². The van der Waals surface area contributed by atoms with Crippen molar-refractivity contribution in [3.8, 4) is 5.75 Å². The van der Waals surface area contributed by atoms with Gasteiger partial charge in [-0.25, -0.2) is 0 Å². The number of anilines is 2. The van der Waals surface area contributed by atoms with Gasteiger partial charge in [0.2, 0.25) is 0 Å². The molecule has 0 bridgehead atoms. The molecule has 0 atom stereocenters. The van der Waals surface area contributed by atoms with Gasteiger partial charge in [-0.3, -0.25) is 0 Å². The summed E-state index contributed by atoms with van der Waals surface area (Å²) in [4.78, 5) is 2.43. The van der Waals surface area contributed by atoms with E-state index in [1.54, 1.807) is 0 Å². The van der Waals surface area contributed by atoms with Crippen LogP contribution in [0.2, 0.25) is 0 Å². The van der Waals surface area contributed by atoms with Crippen molar-refractivity contribution in [3.05, 3.63) is 18.2 Å². The summed E-state index contributed by atoms with van der Waals surface area (Å²) in [6.45, 7) is 2.97. The van der Waals surface area contributed by atoms with Gasteiger partial charge < -0.3 is 15.4 Å². The Morgan fingerprint density at radius 1 is 1.40 bits per heavy atom. The topological polar surface area (TPSA) is 38.5 Å². The summed E-state index contributed by atoms with van der Waals surface area (Å²) in [5.41, 5.74) is 7.73. The molecule has 1 heterocycles. The molecule has 0 saturated heterocycles. The van der Waals surface area contributed by atoms with E-state index in [9.17, 15) is 0 Å². The van der Waals surface area contributed by atoms with Crippen molar-refractivity contribution in [2.24, 2.45) is 5.92 Å². The van der Waals surface area contributed by atoms with E-state index < -0.39 is 0 Å². The summed E-state index contributed by atoms with van der Waals surface area (Å²) in [5, 5.41) is 0. The van der Waals surface area contributed by atoms with Gasteiger partial charge in [0.15, 0.2) is 0 Å². The zero-order valence-electron chi connectivity index (χ0n) is 8.78. The summed E-state index contributed by atoms with van der Waals surface area (Å²) in [5.74, 6) is 1.86. The molecule has 1 aromatic carbocycles. The van der Waals surface area contributed by atoms with Gasteiger partial charge in [-0.05, 0) is 30.9 Å². The van der Waals surface area contributed by atoms with Crippen LogP contribution in [-0.2, 0) is 0 Å². The molecule has 0 radical (unpaired) electrons. The Labute approximate surface area is 89.8 Å². The minimum Gasteiger partial charge on any atom is -0.489 e. The lowest BCUT2D eigenvalue weighted by atomic mass is 10.2. The molecule has 2 aliphatic rings. The van der Waals surface area contributed by atoms with Crippen LogP contribution in [0.15, 0.2) is 18.2 Å². The number of rotatable bonds is 2. The Bertz CT molecular complexity index is 374. The average molecular weight is 204 g/mol. The minimum atomic E-state index is 0.780. The highest BCUT2D eigenvalue weighted by Crippen LogP contribution is 2.37. The highest BCUT2D eigenvalue weighted by Gasteiger charge is 2.27. The number of nitrogens with two attached hydrogens (primary N) is 1. The fourth-order valence-electron chi connectivity index (χ4n) is 2.10. The molecule has 3 heteroatoms. The predicted octanol–water partition coefficient (Wildman–Crippen LogP) is 1.88. The van der Waals surface area contributed by atoms with Gasteiger partial charge in [-0.2, -0.15) is 0 Å². The number of nitrogens with zero attached hydrogens (tertiary/aromatic N) is 1. The summed E-state index contributed by atoms with van der Waals surface area (Å²) in [7, 11) is 0. The molecule has 1 aliphatic heterocycles. The Kier molecular flexibility index (Phi) is 1.97. The molecule has 0 unspecified atom stereocenters. The molecule has 3 nitrogen and oxygen atoms in total. The van der Waals surface area contributed by atoms with Crippen molar-refractivity contribution in [1.82, 2.24) is 0 Å².